The number of para-hydroxylation sites is 2. The van der Waals surface area contributed by atoms with Gasteiger partial charge >= 0.3 is 5.97 Å². The van der Waals surface area contributed by atoms with Crippen molar-refractivity contribution in [2.75, 3.05) is 0 Å². The van der Waals surface area contributed by atoms with Crippen LogP contribution in [0.15, 0.2) is 24.3 Å². The molecule has 1 saturated carbocycles. The van der Waals surface area contributed by atoms with E-state index in [-0.39, 0.29) is 18.1 Å². The molecule has 1 aliphatic carbocycles. The Kier molecular flexibility index (Phi) is 5.69. The van der Waals surface area contributed by atoms with Crippen molar-refractivity contribution >= 4 is 17.0 Å². The van der Waals surface area contributed by atoms with Crippen molar-refractivity contribution < 1.29 is 9.53 Å². The molecule has 4 heteroatoms. The molecule has 142 valence electrons. The zero-order valence-electron chi connectivity index (χ0n) is 16.7. The van der Waals surface area contributed by atoms with Gasteiger partial charge < -0.3 is 9.30 Å². The second kappa shape index (κ2) is 7.81. The number of ether oxygens (including phenoxy) is 1. The largest absolute Gasteiger partial charge is 0.461 e. The first-order valence-electron chi connectivity index (χ1n) is 10.1. The predicted octanol–water partition coefficient (Wildman–Crippen LogP) is 5.16. The van der Waals surface area contributed by atoms with Crippen molar-refractivity contribution in [2.24, 2.45) is 17.8 Å². The van der Waals surface area contributed by atoms with Gasteiger partial charge in [-0.2, -0.15) is 0 Å². The van der Waals surface area contributed by atoms with Gasteiger partial charge in [0.05, 0.1) is 11.0 Å². The lowest BCUT2D eigenvalue weighted by Crippen LogP contribution is -2.37. The molecule has 0 amide bonds. The number of aromatic nitrogens is 2. The number of benzene rings is 1. The van der Waals surface area contributed by atoms with Gasteiger partial charge in [-0.25, -0.2) is 9.78 Å². The van der Waals surface area contributed by atoms with E-state index in [1.165, 1.54) is 6.42 Å². The highest BCUT2D eigenvalue weighted by Gasteiger charge is 2.35. The summed E-state index contributed by atoms with van der Waals surface area (Å²) in [5.74, 6) is 2.43. The molecule has 0 spiro atoms. The topological polar surface area (TPSA) is 44.1 Å². The quantitative estimate of drug-likeness (QED) is 0.695. The van der Waals surface area contributed by atoms with E-state index in [4.69, 9.17) is 9.72 Å². The molecule has 1 aliphatic rings. The number of aryl methyl sites for hydroxylation is 1. The Balaban J connectivity index is 1.83. The number of hydrogen-bond donors (Lipinski definition) is 0. The number of rotatable bonds is 5. The summed E-state index contributed by atoms with van der Waals surface area (Å²) < 4.78 is 8.13. The lowest BCUT2D eigenvalue weighted by Gasteiger charge is -2.37. The summed E-state index contributed by atoms with van der Waals surface area (Å²) in [5, 5.41) is 0. The molecule has 1 unspecified atom stereocenters. The molecule has 4 nitrogen and oxygen atoms in total. The smallest absolute Gasteiger partial charge is 0.329 e. The van der Waals surface area contributed by atoms with Crippen LogP contribution in [-0.2, 0) is 16.0 Å². The molecule has 0 bridgehead atoms. The van der Waals surface area contributed by atoms with E-state index in [1.54, 1.807) is 0 Å². The van der Waals surface area contributed by atoms with E-state index < -0.39 is 0 Å². The van der Waals surface area contributed by atoms with E-state index in [0.29, 0.717) is 17.8 Å². The average Bonchev–Trinajstić information content (AvgIpc) is 2.99. The molecule has 4 atom stereocenters. The highest BCUT2D eigenvalue weighted by atomic mass is 16.5. The summed E-state index contributed by atoms with van der Waals surface area (Å²) in [6.07, 6.45) is 4.19. The first-order chi connectivity index (χ1) is 12.4. The number of carbonyl (C=O) groups excluding carboxylic acids is 1. The van der Waals surface area contributed by atoms with E-state index in [9.17, 15) is 4.79 Å². The van der Waals surface area contributed by atoms with Gasteiger partial charge in [0, 0.05) is 6.42 Å². The Hall–Kier alpha value is -1.84. The number of fused-ring (bicyclic) bond motifs is 1. The molecule has 2 aromatic rings. The van der Waals surface area contributed by atoms with Crippen molar-refractivity contribution in [2.45, 2.75) is 72.4 Å². The third kappa shape index (κ3) is 3.65. The fraction of sp³-hybridized carbons (Fsp3) is 0.636. The van der Waals surface area contributed by atoms with Gasteiger partial charge in [-0.15, -0.1) is 0 Å². The molecular weight excluding hydrogens is 324 g/mol. The van der Waals surface area contributed by atoms with Crippen molar-refractivity contribution in [3.63, 3.8) is 0 Å². The molecule has 1 aromatic carbocycles. The first-order valence-corrected chi connectivity index (χ1v) is 10.1. The fourth-order valence-corrected chi connectivity index (χ4v) is 4.38. The zero-order valence-corrected chi connectivity index (χ0v) is 16.7. The highest BCUT2D eigenvalue weighted by molar-refractivity contribution is 5.81. The summed E-state index contributed by atoms with van der Waals surface area (Å²) >= 11 is 0. The van der Waals surface area contributed by atoms with Gasteiger partial charge in [0.25, 0.3) is 0 Å². The van der Waals surface area contributed by atoms with Crippen LogP contribution < -0.4 is 0 Å². The Bertz CT molecular complexity index is 765. The number of carbonyl (C=O) groups is 1. The SMILES string of the molecule is CCc1nc2ccccc2n1[C@H](C)C(=O)OC1C[C@@H](C)CC[C@@H]1C(C)C. The molecular formula is C22H32N2O2. The molecule has 0 N–H and O–H groups in total. The van der Waals surface area contributed by atoms with Gasteiger partial charge in [-0.1, -0.05) is 46.2 Å². The van der Waals surface area contributed by atoms with Crippen molar-refractivity contribution in [3.05, 3.63) is 30.1 Å². The van der Waals surface area contributed by atoms with Crippen LogP contribution in [0.2, 0.25) is 0 Å². The molecule has 1 fully saturated rings. The number of hydrogen-bond acceptors (Lipinski definition) is 3. The monoisotopic (exact) mass is 356 g/mol. The summed E-state index contributed by atoms with van der Waals surface area (Å²) in [5.41, 5.74) is 1.95. The normalized spacial score (nSPS) is 24.8. The zero-order chi connectivity index (χ0) is 18.8. The van der Waals surface area contributed by atoms with Crippen LogP contribution in [-0.4, -0.2) is 21.6 Å². The van der Waals surface area contributed by atoms with Crippen LogP contribution >= 0.6 is 0 Å². The standard InChI is InChI=1S/C22H32N2O2/c1-6-21-23-18-9-7-8-10-19(18)24(21)16(5)22(25)26-20-13-15(4)11-12-17(20)14(2)3/h7-10,14-17,20H,6,11-13H2,1-5H3/t15-,16+,17+,20?/m0/s1. The number of imidazole rings is 1. The fourth-order valence-electron chi connectivity index (χ4n) is 4.38. The second-order valence-electron chi connectivity index (χ2n) is 8.22. The van der Waals surface area contributed by atoms with E-state index in [2.05, 4.69) is 27.7 Å². The third-order valence-electron chi connectivity index (χ3n) is 5.94. The maximum absolute atomic E-state index is 13.0. The van der Waals surface area contributed by atoms with Crippen LogP contribution in [0.25, 0.3) is 11.0 Å². The Morgan fingerprint density at radius 2 is 2.00 bits per heavy atom. The van der Waals surface area contributed by atoms with Crippen molar-refractivity contribution in [1.82, 2.24) is 9.55 Å². The van der Waals surface area contributed by atoms with Gasteiger partial charge in [0.1, 0.15) is 18.0 Å². The lowest BCUT2D eigenvalue weighted by atomic mass is 9.75. The molecule has 0 radical (unpaired) electrons. The van der Waals surface area contributed by atoms with Gasteiger partial charge in [-0.05, 0) is 49.7 Å². The Labute approximate surface area is 156 Å². The van der Waals surface area contributed by atoms with E-state index in [0.717, 1.165) is 36.1 Å². The molecule has 0 aliphatic heterocycles. The minimum atomic E-state index is -0.359. The summed E-state index contributed by atoms with van der Waals surface area (Å²) in [6.45, 7) is 10.8. The highest BCUT2D eigenvalue weighted by Crippen LogP contribution is 2.36. The molecule has 1 heterocycles. The van der Waals surface area contributed by atoms with E-state index >= 15 is 0 Å². The van der Waals surface area contributed by atoms with Gasteiger partial charge in [0.2, 0.25) is 0 Å². The van der Waals surface area contributed by atoms with Crippen LogP contribution in [0.3, 0.4) is 0 Å². The first kappa shape index (κ1) is 18.9. The lowest BCUT2D eigenvalue weighted by molar-refractivity contribution is -0.159. The second-order valence-corrected chi connectivity index (χ2v) is 8.22. The van der Waals surface area contributed by atoms with Gasteiger partial charge in [-0.3, -0.25) is 0 Å². The third-order valence-corrected chi connectivity index (χ3v) is 5.94. The molecule has 26 heavy (non-hydrogen) atoms. The molecule has 0 saturated heterocycles. The predicted molar refractivity (Wildman–Crippen MR) is 105 cm³/mol. The Morgan fingerprint density at radius 3 is 2.69 bits per heavy atom. The maximum atomic E-state index is 13.0. The number of nitrogens with zero attached hydrogens (tertiary/aromatic N) is 2. The van der Waals surface area contributed by atoms with Crippen molar-refractivity contribution in [1.29, 1.82) is 0 Å². The van der Waals surface area contributed by atoms with Crippen LogP contribution in [0, 0.1) is 17.8 Å². The molecule has 3 rings (SSSR count). The van der Waals surface area contributed by atoms with Crippen LogP contribution in [0.4, 0.5) is 0 Å². The van der Waals surface area contributed by atoms with Crippen LogP contribution in [0.5, 0.6) is 0 Å². The van der Waals surface area contributed by atoms with Crippen molar-refractivity contribution in [3.8, 4) is 0 Å². The average molecular weight is 357 g/mol. The van der Waals surface area contributed by atoms with Crippen LogP contribution in [0.1, 0.15) is 65.7 Å². The number of esters is 1. The minimum absolute atomic E-state index is 0.0357. The summed E-state index contributed by atoms with van der Waals surface area (Å²) in [4.78, 5) is 17.7. The van der Waals surface area contributed by atoms with Gasteiger partial charge in [0.15, 0.2) is 0 Å². The summed E-state index contributed by atoms with van der Waals surface area (Å²) in [6, 6.07) is 7.65. The summed E-state index contributed by atoms with van der Waals surface area (Å²) in [7, 11) is 0. The Morgan fingerprint density at radius 1 is 1.27 bits per heavy atom. The minimum Gasteiger partial charge on any atom is -0.461 e. The maximum Gasteiger partial charge on any atom is 0.329 e. The van der Waals surface area contributed by atoms with E-state index in [1.807, 2.05) is 35.8 Å². The molecule has 1 aromatic heterocycles.